The molecule has 2 aromatic carbocycles. The molecule has 1 aromatic heterocycles. The van der Waals surface area contributed by atoms with Crippen LogP contribution in [0.3, 0.4) is 0 Å². The maximum atomic E-state index is 11.8. The van der Waals surface area contributed by atoms with E-state index >= 15 is 0 Å². The minimum Gasteiger partial charge on any atom is -0.481 e. The van der Waals surface area contributed by atoms with Gasteiger partial charge in [-0.05, 0) is 24.6 Å². The highest BCUT2D eigenvalue weighted by molar-refractivity contribution is 7.18. The Labute approximate surface area is 126 Å². The molecule has 3 nitrogen and oxygen atoms in total. The number of hydrogen-bond donors (Lipinski definition) is 1. The summed E-state index contributed by atoms with van der Waals surface area (Å²) in [5, 5.41) is 10.6. The molecular weight excluding hydrogens is 282 g/mol. The van der Waals surface area contributed by atoms with Gasteiger partial charge in [0.15, 0.2) is 0 Å². The second-order valence-electron chi connectivity index (χ2n) is 5.26. The first-order valence-electron chi connectivity index (χ1n) is 6.73. The van der Waals surface area contributed by atoms with Gasteiger partial charge in [0.05, 0.1) is 20.6 Å². The Morgan fingerprint density at radius 1 is 1.14 bits per heavy atom. The van der Waals surface area contributed by atoms with Gasteiger partial charge < -0.3 is 5.11 Å². The summed E-state index contributed by atoms with van der Waals surface area (Å²) in [6, 6.07) is 17.2. The van der Waals surface area contributed by atoms with Gasteiger partial charge in [0.1, 0.15) is 0 Å². The standard InChI is InChI=1S/C17H15NO2S/c1-17(16(19)20,12-7-3-2-4-8-12)11-15-18-13-9-5-6-10-14(13)21-15/h2-10H,11H2,1H3,(H,19,20). The number of nitrogens with zero attached hydrogens (tertiary/aromatic N) is 1. The number of aromatic nitrogens is 1. The van der Waals surface area contributed by atoms with Gasteiger partial charge in [-0.2, -0.15) is 0 Å². The third kappa shape index (κ3) is 2.54. The molecule has 4 heteroatoms. The van der Waals surface area contributed by atoms with Crippen molar-refractivity contribution in [1.82, 2.24) is 4.98 Å². The molecule has 0 aliphatic heterocycles. The van der Waals surface area contributed by atoms with Crippen LogP contribution in [0.25, 0.3) is 10.2 Å². The Balaban J connectivity index is 2.01. The number of carboxylic acid groups (broad SMARTS) is 1. The van der Waals surface area contributed by atoms with Crippen molar-refractivity contribution in [2.75, 3.05) is 0 Å². The lowest BCUT2D eigenvalue weighted by atomic mass is 9.80. The molecule has 0 saturated carbocycles. The average Bonchev–Trinajstić information content (AvgIpc) is 2.89. The molecule has 106 valence electrons. The van der Waals surface area contributed by atoms with Gasteiger partial charge in [0, 0.05) is 6.42 Å². The largest absolute Gasteiger partial charge is 0.481 e. The topological polar surface area (TPSA) is 50.2 Å². The summed E-state index contributed by atoms with van der Waals surface area (Å²) in [4.78, 5) is 16.4. The van der Waals surface area contributed by atoms with Gasteiger partial charge in [0.25, 0.3) is 0 Å². The summed E-state index contributed by atoms with van der Waals surface area (Å²) in [7, 11) is 0. The van der Waals surface area contributed by atoms with Crippen LogP contribution in [-0.4, -0.2) is 16.1 Å². The monoisotopic (exact) mass is 297 g/mol. The van der Waals surface area contributed by atoms with E-state index < -0.39 is 11.4 Å². The van der Waals surface area contributed by atoms with Crippen LogP contribution in [0, 0.1) is 0 Å². The van der Waals surface area contributed by atoms with E-state index in [1.54, 1.807) is 18.3 Å². The lowest BCUT2D eigenvalue weighted by Crippen LogP contribution is -2.34. The van der Waals surface area contributed by atoms with E-state index in [0.717, 1.165) is 20.8 Å². The highest BCUT2D eigenvalue weighted by Gasteiger charge is 2.36. The van der Waals surface area contributed by atoms with Crippen molar-refractivity contribution < 1.29 is 9.90 Å². The van der Waals surface area contributed by atoms with Crippen molar-refractivity contribution in [3.63, 3.8) is 0 Å². The number of thiazole rings is 1. The Morgan fingerprint density at radius 2 is 1.81 bits per heavy atom. The number of aliphatic carboxylic acids is 1. The number of carbonyl (C=O) groups is 1. The van der Waals surface area contributed by atoms with E-state index in [1.165, 1.54) is 0 Å². The predicted octanol–water partition coefficient (Wildman–Crippen LogP) is 3.88. The highest BCUT2D eigenvalue weighted by atomic mass is 32.1. The molecule has 0 aliphatic carbocycles. The van der Waals surface area contributed by atoms with Crippen LogP contribution in [0.1, 0.15) is 17.5 Å². The van der Waals surface area contributed by atoms with Crippen LogP contribution < -0.4 is 0 Å². The van der Waals surface area contributed by atoms with E-state index in [-0.39, 0.29) is 0 Å². The van der Waals surface area contributed by atoms with Crippen LogP contribution in [0.2, 0.25) is 0 Å². The zero-order valence-corrected chi connectivity index (χ0v) is 12.4. The number of benzene rings is 2. The molecule has 1 N–H and O–H groups in total. The fraction of sp³-hybridized carbons (Fsp3) is 0.176. The van der Waals surface area contributed by atoms with Gasteiger partial charge in [-0.1, -0.05) is 42.5 Å². The van der Waals surface area contributed by atoms with Crippen LogP contribution >= 0.6 is 11.3 Å². The van der Waals surface area contributed by atoms with Gasteiger partial charge in [0.2, 0.25) is 0 Å². The van der Waals surface area contributed by atoms with Crippen LogP contribution in [0.15, 0.2) is 54.6 Å². The maximum absolute atomic E-state index is 11.8. The van der Waals surface area contributed by atoms with Crippen LogP contribution in [0.5, 0.6) is 0 Å². The third-order valence-electron chi connectivity index (χ3n) is 3.73. The number of rotatable bonds is 4. The number of carboxylic acids is 1. The molecule has 1 heterocycles. The van der Waals surface area contributed by atoms with Gasteiger partial charge in [-0.15, -0.1) is 11.3 Å². The van der Waals surface area contributed by atoms with Gasteiger partial charge >= 0.3 is 5.97 Å². The Hall–Kier alpha value is -2.20. The summed E-state index contributed by atoms with van der Waals surface area (Å²) in [5.74, 6) is -0.826. The zero-order chi connectivity index (χ0) is 14.9. The maximum Gasteiger partial charge on any atom is 0.314 e. The average molecular weight is 297 g/mol. The van der Waals surface area contributed by atoms with E-state index in [0.29, 0.717) is 6.42 Å². The first kappa shape index (κ1) is 13.8. The van der Waals surface area contributed by atoms with Gasteiger partial charge in [-0.3, -0.25) is 4.79 Å². The zero-order valence-electron chi connectivity index (χ0n) is 11.6. The molecule has 0 bridgehead atoms. The number of para-hydroxylation sites is 1. The summed E-state index contributed by atoms with van der Waals surface area (Å²) in [6.45, 7) is 1.76. The molecule has 0 aliphatic rings. The van der Waals surface area contributed by atoms with E-state index in [1.807, 2.05) is 54.6 Å². The minimum atomic E-state index is -0.963. The molecule has 1 unspecified atom stereocenters. The fourth-order valence-corrected chi connectivity index (χ4v) is 3.53. The first-order valence-corrected chi connectivity index (χ1v) is 7.54. The van der Waals surface area contributed by atoms with Gasteiger partial charge in [-0.25, -0.2) is 4.98 Å². The van der Waals surface area contributed by atoms with Crippen LogP contribution in [-0.2, 0) is 16.6 Å². The normalized spacial score (nSPS) is 14.0. The molecule has 0 saturated heterocycles. The summed E-state index contributed by atoms with van der Waals surface area (Å²) in [6.07, 6.45) is 0.395. The highest BCUT2D eigenvalue weighted by Crippen LogP contribution is 2.32. The Bertz CT molecular complexity index is 749. The van der Waals surface area contributed by atoms with Crippen molar-refractivity contribution in [2.24, 2.45) is 0 Å². The lowest BCUT2D eigenvalue weighted by Gasteiger charge is -2.24. The molecule has 21 heavy (non-hydrogen) atoms. The van der Waals surface area contributed by atoms with E-state index in [4.69, 9.17) is 0 Å². The van der Waals surface area contributed by atoms with Crippen molar-refractivity contribution in [3.05, 3.63) is 65.2 Å². The van der Waals surface area contributed by atoms with Crippen molar-refractivity contribution in [1.29, 1.82) is 0 Å². The molecule has 0 amide bonds. The first-order chi connectivity index (χ1) is 10.1. The molecule has 3 aromatic rings. The number of fused-ring (bicyclic) bond motifs is 1. The fourth-order valence-electron chi connectivity index (χ4n) is 2.41. The van der Waals surface area contributed by atoms with Crippen LogP contribution in [0.4, 0.5) is 0 Å². The molecule has 1 atom stereocenters. The van der Waals surface area contributed by atoms with E-state index in [2.05, 4.69) is 4.98 Å². The molecule has 0 fully saturated rings. The van der Waals surface area contributed by atoms with Crippen molar-refractivity contribution in [3.8, 4) is 0 Å². The minimum absolute atomic E-state index is 0.395. The van der Waals surface area contributed by atoms with Crippen molar-refractivity contribution >= 4 is 27.5 Å². The summed E-state index contributed by atoms with van der Waals surface area (Å²) < 4.78 is 1.09. The molecular formula is C17H15NO2S. The smallest absolute Gasteiger partial charge is 0.314 e. The second kappa shape index (κ2) is 5.30. The van der Waals surface area contributed by atoms with Crippen molar-refractivity contribution in [2.45, 2.75) is 18.8 Å². The molecule has 0 spiro atoms. The number of hydrogen-bond acceptors (Lipinski definition) is 3. The Kier molecular flexibility index (Phi) is 3.47. The Morgan fingerprint density at radius 3 is 2.48 bits per heavy atom. The lowest BCUT2D eigenvalue weighted by molar-refractivity contribution is -0.143. The molecule has 3 rings (SSSR count). The predicted molar refractivity (Wildman–Crippen MR) is 84.8 cm³/mol. The quantitative estimate of drug-likeness (QED) is 0.795. The summed E-state index contributed by atoms with van der Waals surface area (Å²) in [5.41, 5.74) is 0.768. The molecule has 0 radical (unpaired) electrons. The SMILES string of the molecule is CC(Cc1nc2ccccc2s1)(C(=O)O)c1ccccc1. The third-order valence-corrected chi connectivity index (χ3v) is 4.76. The summed E-state index contributed by atoms with van der Waals surface area (Å²) >= 11 is 1.56. The van der Waals surface area contributed by atoms with E-state index in [9.17, 15) is 9.90 Å². The second-order valence-corrected chi connectivity index (χ2v) is 6.37.